The van der Waals surface area contributed by atoms with Gasteiger partial charge in [-0.3, -0.25) is 0 Å². The molecule has 0 radical (unpaired) electrons. The van der Waals surface area contributed by atoms with Gasteiger partial charge in [0.1, 0.15) is 0 Å². The predicted molar refractivity (Wildman–Crippen MR) is 59.4 cm³/mol. The first-order valence-corrected chi connectivity index (χ1v) is 4.58. The quantitative estimate of drug-likeness (QED) is 0.418. The van der Waals surface area contributed by atoms with Gasteiger partial charge in [-0.15, -0.1) is 0 Å². The third-order valence-corrected chi connectivity index (χ3v) is 1.55. The minimum Gasteiger partial charge on any atom is -0.0887 e. The largest absolute Gasteiger partial charge is 0.0887 e. The zero-order valence-corrected chi connectivity index (χ0v) is 9.09. The summed E-state index contributed by atoms with van der Waals surface area (Å²) in [7, 11) is 0. The van der Waals surface area contributed by atoms with Gasteiger partial charge >= 0.3 is 0 Å². The molecular formula is C12H22. The first-order chi connectivity index (χ1) is 5.72. The van der Waals surface area contributed by atoms with Crippen LogP contribution in [-0.2, 0) is 0 Å². The van der Waals surface area contributed by atoms with Gasteiger partial charge in [0.15, 0.2) is 0 Å². The molecule has 70 valence electrons. The van der Waals surface area contributed by atoms with Gasteiger partial charge in [-0.05, 0) is 34.1 Å². The van der Waals surface area contributed by atoms with E-state index in [9.17, 15) is 0 Å². The fourth-order valence-corrected chi connectivity index (χ4v) is 0.426. The first-order valence-electron chi connectivity index (χ1n) is 4.58. The van der Waals surface area contributed by atoms with Crippen LogP contribution < -0.4 is 0 Å². The highest BCUT2D eigenvalue weighted by Crippen LogP contribution is 1.94. The van der Waals surface area contributed by atoms with Crippen LogP contribution in [-0.4, -0.2) is 0 Å². The van der Waals surface area contributed by atoms with E-state index in [-0.39, 0.29) is 0 Å². The Kier molecular flexibility index (Phi) is 14.8. The fraction of sp³-hybridized carbons (Fsp3) is 0.500. The molecule has 0 heteroatoms. The second-order valence-corrected chi connectivity index (χ2v) is 2.54. The molecule has 0 aromatic carbocycles. The molecule has 0 nitrogen and oxygen atoms in total. The minimum atomic E-state index is 1.19. The topological polar surface area (TPSA) is 0 Å². The molecular weight excluding hydrogens is 144 g/mol. The molecule has 0 unspecified atom stereocenters. The van der Waals surface area contributed by atoms with Crippen LogP contribution in [0.25, 0.3) is 0 Å². The summed E-state index contributed by atoms with van der Waals surface area (Å²) in [6.45, 7) is 10.4. The maximum atomic E-state index is 2.16. The van der Waals surface area contributed by atoms with Gasteiger partial charge in [-0.2, -0.15) is 0 Å². The van der Waals surface area contributed by atoms with Crippen LogP contribution >= 0.6 is 0 Å². The lowest BCUT2D eigenvalue weighted by Gasteiger charge is -1.85. The van der Waals surface area contributed by atoms with Gasteiger partial charge in [-0.25, -0.2) is 0 Å². The summed E-state index contributed by atoms with van der Waals surface area (Å²) in [5, 5.41) is 0. The number of hydrogen-bond donors (Lipinski definition) is 0. The summed E-state index contributed by atoms with van der Waals surface area (Å²) >= 11 is 0. The number of allylic oxidation sites excluding steroid dienone is 6. The van der Waals surface area contributed by atoms with Crippen molar-refractivity contribution in [2.45, 2.75) is 41.0 Å². The lowest BCUT2D eigenvalue weighted by atomic mass is 10.2. The number of hydrogen-bond acceptors (Lipinski definition) is 0. The van der Waals surface area contributed by atoms with Gasteiger partial charge in [0, 0.05) is 0 Å². The van der Waals surface area contributed by atoms with Crippen molar-refractivity contribution >= 4 is 0 Å². The molecule has 0 spiro atoms. The Labute approximate surface area is 77.7 Å². The van der Waals surface area contributed by atoms with Gasteiger partial charge in [0.05, 0.1) is 0 Å². The van der Waals surface area contributed by atoms with E-state index in [0.717, 1.165) is 0 Å². The lowest BCUT2D eigenvalue weighted by molar-refractivity contribution is 1.09. The molecule has 0 bridgehead atoms. The predicted octanol–water partition coefficient (Wildman–Crippen LogP) is 4.50. The third-order valence-electron chi connectivity index (χ3n) is 1.55. The van der Waals surface area contributed by atoms with E-state index >= 15 is 0 Å². The monoisotopic (exact) mass is 166 g/mol. The van der Waals surface area contributed by atoms with Crippen molar-refractivity contribution in [3.8, 4) is 0 Å². The Morgan fingerprint density at radius 1 is 1.00 bits per heavy atom. The van der Waals surface area contributed by atoms with Crippen molar-refractivity contribution in [2.24, 2.45) is 0 Å². The Hall–Kier alpha value is -0.780. The Morgan fingerprint density at radius 3 is 1.50 bits per heavy atom. The molecule has 0 saturated heterocycles. The van der Waals surface area contributed by atoms with Crippen LogP contribution in [0.2, 0.25) is 0 Å². The van der Waals surface area contributed by atoms with Crippen molar-refractivity contribution in [3.63, 3.8) is 0 Å². The van der Waals surface area contributed by atoms with Crippen molar-refractivity contribution in [1.29, 1.82) is 0 Å². The molecule has 0 aliphatic heterocycles. The average molecular weight is 166 g/mol. The highest BCUT2D eigenvalue weighted by Gasteiger charge is 1.73. The second kappa shape index (κ2) is 12.9. The zero-order chi connectivity index (χ0) is 9.82. The average Bonchev–Trinajstić information content (AvgIpc) is 2.14. The van der Waals surface area contributed by atoms with Crippen molar-refractivity contribution in [3.05, 3.63) is 36.0 Å². The minimum absolute atomic E-state index is 1.19. The highest BCUT2D eigenvalue weighted by molar-refractivity contribution is 4.98. The van der Waals surface area contributed by atoms with Crippen molar-refractivity contribution < 1.29 is 0 Å². The SMILES string of the molecule is C/C=C(\C)CC.C/C=C\C=C/C. The normalized spacial score (nSPS) is 11.9. The van der Waals surface area contributed by atoms with E-state index in [1.54, 1.807) is 0 Å². The summed E-state index contributed by atoms with van der Waals surface area (Å²) < 4.78 is 0. The van der Waals surface area contributed by atoms with Gasteiger partial charge in [0.2, 0.25) is 0 Å². The van der Waals surface area contributed by atoms with Crippen molar-refractivity contribution in [1.82, 2.24) is 0 Å². The van der Waals surface area contributed by atoms with Crippen LogP contribution in [0, 0.1) is 0 Å². The molecule has 0 amide bonds. The van der Waals surface area contributed by atoms with Crippen LogP contribution in [0.1, 0.15) is 41.0 Å². The van der Waals surface area contributed by atoms with E-state index in [0.29, 0.717) is 0 Å². The molecule has 0 atom stereocenters. The zero-order valence-electron chi connectivity index (χ0n) is 9.09. The van der Waals surface area contributed by atoms with Crippen molar-refractivity contribution in [2.75, 3.05) is 0 Å². The standard InChI is InChI=1S/C6H12.C6H10/c1-4-6(3)5-2;1-3-5-6-4-2/h4H,5H2,1-3H3;3-6H,1-2H3/b6-4+;5-3-,6-4-. The van der Waals surface area contributed by atoms with E-state index < -0.39 is 0 Å². The Bertz CT molecular complexity index is 137. The summed E-state index contributed by atoms with van der Waals surface area (Å²) in [5.41, 5.74) is 1.47. The molecule has 0 aromatic rings. The molecule has 0 saturated carbocycles. The molecule has 0 heterocycles. The van der Waals surface area contributed by atoms with Gasteiger partial charge in [-0.1, -0.05) is 42.9 Å². The molecule has 0 aliphatic rings. The van der Waals surface area contributed by atoms with E-state index in [1.165, 1.54) is 12.0 Å². The maximum absolute atomic E-state index is 2.16. The fourth-order valence-electron chi connectivity index (χ4n) is 0.426. The number of rotatable bonds is 2. The first kappa shape index (κ1) is 13.8. The molecule has 0 rings (SSSR count). The summed E-state index contributed by atoms with van der Waals surface area (Å²) in [4.78, 5) is 0. The maximum Gasteiger partial charge on any atom is -0.0352 e. The smallest absolute Gasteiger partial charge is 0.0352 e. The van der Waals surface area contributed by atoms with E-state index in [4.69, 9.17) is 0 Å². The van der Waals surface area contributed by atoms with Crippen LogP contribution in [0.15, 0.2) is 36.0 Å². The summed E-state index contributed by atoms with van der Waals surface area (Å²) in [5.74, 6) is 0. The summed E-state index contributed by atoms with van der Waals surface area (Å²) in [6, 6.07) is 0. The summed E-state index contributed by atoms with van der Waals surface area (Å²) in [6.07, 6.45) is 11.3. The second-order valence-electron chi connectivity index (χ2n) is 2.54. The third kappa shape index (κ3) is 16.1. The molecule has 0 aromatic heterocycles. The lowest BCUT2D eigenvalue weighted by Crippen LogP contribution is -1.63. The van der Waals surface area contributed by atoms with Crippen LogP contribution in [0.4, 0.5) is 0 Å². The molecule has 0 N–H and O–H groups in total. The Balaban J connectivity index is 0. The van der Waals surface area contributed by atoms with Gasteiger partial charge < -0.3 is 0 Å². The molecule has 0 aliphatic carbocycles. The van der Waals surface area contributed by atoms with Gasteiger partial charge in [0.25, 0.3) is 0 Å². The van der Waals surface area contributed by atoms with Crippen LogP contribution in [0.3, 0.4) is 0 Å². The molecule has 0 fully saturated rings. The Morgan fingerprint density at radius 2 is 1.42 bits per heavy atom. The molecule has 12 heavy (non-hydrogen) atoms. The van der Waals surface area contributed by atoms with E-state index in [1.807, 2.05) is 38.2 Å². The van der Waals surface area contributed by atoms with Crippen LogP contribution in [0.5, 0.6) is 0 Å². The highest BCUT2D eigenvalue weighted by atomic mass is 13.8. The van der Waals surface area contributed by atoms with E-state index in [2.05, 4.69) is 26.8 Å².